The summed E-state index contributed by atoms with van der Waals surface area (Å²) in [4.78, 5) is 30.8. The van der Waals surface area contributed by atoms with Crippen molar-refractivity contribution in [3.8, 4) is 0 Å². The zero-order valence-electron chi connectivity index (χ0n) is 18.0. The molecule has 1 heterocycles. The molecule has 1 aliphatic rings. The van der Waals surface area contributed by atoms with Gasteiger partial charge in [0.1, 0.15) is 0 Å². The number of rotatable bonds is 7. The van der Waals surface area contributed by atoms with Crippen molar-refractivity contribution in [3.63, 3.8) is 0 Å². The molecule has 6 heteroatoms. The summed E-state index contributed by atoms with van der Waals surface area (Å²) in [7, 11) is 0. The summed E-state index contributed by atoms with van der Waals surface area (Å²) in [5, 5.41) is 15.0. The van der Waals surface area contributed by atoms with Crippen LogP contribution in [0.4, 0.5) is 0 Å². The second-order valence-electron chi connectivity index (χ2n) is 8.42. The Hall–Kier alpha value is -3.64. The zero-order chi connectivity index (χ0) is 22.7. The summed E-state index contributed by atoms with van der Waals surface area (Å²) in [6, 6.07) is 22.3. The number of carboxylic acid groups (broad SMARTS) is 1. The molecule has 0 aliphatic carbocycles. The van der Waals surface area contributed by atoms with Crippen LogP contribution in [-0.4, -0.2) is 28.6 Å². The third-order valence-corrected chi connectivity index (χ3v) is 5.71. The molecule has 3 aromatic rings. The minimum Gasteiger partial charge on any atom is -0.479 e. The SMILES string of the molecule is CC(C)[C@H](NC(=O)c1ccc2ccccc2c1)C1=CC(Cc2ccccc2)(C(=O)O)ON1. The van der Waals surface area contributed by atoms with Crippen LogP contribution in [-0.2, 0) is 16.1 Å². The number of carboxylic acids is 1. The van der Waals surface area contributed by atoms with E-state index in [-0.39, 0.29) is 18.2 Å². The van der Waals surface area contributed by atoms with Gasteiger partial charge in [0.05, 0.1) is 11.7 Å². The maximum atomic E-state index is 13.0. The van der Waals surface area contributed by atoms with Crippen LogP contribution in [0.25, 0.3) is 10.8 Å². The van der Waals surface area contributed by atoms with Crippen LogP contribution in [0.1, 0.15) is 29.8 Å². The fraction of sp³-hybridized carbons (Fsp3) is 0.231. The molecule has 0 spiro atoms. The molecule has 0 aromatic heterocycles. The van der Waals surface area contributed by atoms with Gasteiger partial charge in [-0.15, -0.1) is 0 Å². The molecule has 0 fully saturated rings. The summed E-state index contributed by atoms with van der Waals surface area (Å²) in [6.45, 7) is 3.93. The Morgan fingerprint density at radius 1 is 1.00 bits per heavy atom. The van der Waals surface area contributed by atoms with Crippen molar-refractivity contribution in [1.82, 2.24) is 10.8 Å². The molecule has 1 aliphatic heterocycles. The van der Waals surface area contributed by atoms with E-state index in [1.54, 1.807) is 12.1 Å². The molecule has 0 radical (unpaired) electrons. The van der Waals surface area contributed by atoms with E-state index >= 15 is 0 Å². The van der Waals surface area contributed by atoms with Crippen LogP contribution in [0, 0.1) is 5.92 Å². The minimum atomic E-state index is -1.54. The number of hydrogen-bond donors (Lipinski definition) is 3. The third-order valence-electron chi connectivity index (χ3n) is 5.71. The molecular formula is C26H26N2O4. The zero-order valence-corrected chi connectivity index (χ0v) is 18.0. The van der Waals surface area contributed by atoms with Crippen molar-refractivity contribution in [2.75, 3.05) is 0 Å². The van der Waals surface area contributed by atoms with Gasteiger partial charge in [0.2, 0.25) is 5.60 Å². The molecule has 1 unspecified atom stereocenters. The van der Waals surface area contributed by atoms with Crippen LogP contribution in [0.5, 0.6) is 0 Å². The largest absolute Gasteiger partial charge is 0.479 e. The quantitative estimate of drug-likeness (QED) is 0.526. The maximum absolute atomic E-state index is 13.0. The van der Waals surface area contributed by atoms with Crippen molar-refractivity contribution < 1.29 is 19.5 Å². The maximum Gasteiger partial charge on any atom is 0.343 e. The van der Waals surface area contributed by atoms with Gasteiger partial charge in [-0.1, -0.05) is 74.5 Å². The first-order chi connectivity index (χ1) is 15.4. The van der Waals surface area contributed by atoms with E-state index in [2.05, 4.69) is 10.8 Å². The number of hydrogen-bond acceptors (Lipinski definition) is 4. The van der Waals surface area contributed by atoms with E-state index in [9.17, 15) is 14.7 Å². The molecule has 6 nitrogen and oxygen atoms in total. The number of fused-ring (bicyclic) bond motifs is 1. The lowest BCUT2D eigenvalue weighted by molar-refractivity contribution is -0.162. The van der Waals surface area contributed by atoms with Crippen molar-refractivity contribution in [1.29, 1.82) is 0 Å². The Morgan fingerprint density at radius 3 is 2.38 bits per heavy atom. The summed E-state index contributed by atoms with van der Waals surface area (Å²) in [5.41, 5.74) is 3.16. The molecule has 0 bridgehead atoms. The van der Waals surface area contributed by atoms with Gasteiger partial charge < -0.3 is 10.4 Å². The van der Waals surface area contributed by atoms with E-state index in [0.717, 1.165) is 16.3 Å². The number of benzene rings is 3. The predicted molar refractivity (Wildman–Crippen MR) is 123 cm³/mol. The number of carbonyl (C=O) groups excluding carboxylic acids is 1. The van der Waals surface area contributed by atoms with Crippen molar-refractivity contribution >= 4 is 22.6 Å². The monoisotopic (exact) mass is 430 g/mol. The lowest BCUT2D eigenvalue weighted by Gasteiger charge is -2.23. The lowest BCUT2D eigenvalue weighted by atomic mass is 9.91. The summed E-state index contributed by atoms with van der Waals surface area (Å²) in [6.07, 6.45) is 1.75. The molecule has 4 rings (SSSR count). The van der Waals surface area contributed by atoms with Crippen LogP contribution < -0.4 is 10.8 Å². The fourth-order valence-corrected chi connectivity index (χ4v) is 3.94. The minimum absolute atomic E-state index is 0.00285. The molecule has 0 saturated carbocycles. The average Bonchev–Trinajstić information content (AvgIpc) is 3.22. The first-order valence-electron chi connectivity index (χ1n) is 10.6. The molecule has 1 amide bonds. The Labute approximate surface area is 186 Å². The van der Waals surface area contributed by atoms with Crippen LogP contribution in [0.15, 0.2) is 84.6 Å². The standard InChI is InChI=1S/C26H26N2O4/c1-17(2)23(27-24(29)21-13-12-19-10-6-7-11-20(19)14-21)22-16-26(25(30)31,32-28-22)15-18-8-4-3-5-9-18/h3-14,16-17,23,28H,15H2,1-2H3,(H,27,29)(H,30,31)/t23-,26?/m0/s1. The number of nitrogens with one attached hydrogen (secondary N) is 2. The Kier molecular flexibility index (Phi) is 5.97. The van der Waals surface area contributed by atoms with Gasteiger partial charge >= 0.3 is 5.97 Å². The molecule has 3 N–H and O–H groups in total. The van der Waals surface area contributed by atoms with Gasteiger partial charge in [-0.3, -0.25) is 15.1 Å². The normalized spacial score (nSPS) is 18.8. The second kappa shape index (κ2) is 8.85. The highest BCUT2D eigenvalue weighted by molar-refractivity contribution is 5.98. The van der Waals surface area contributed by atoms with Crippen molar-refractivity contribution in [2.45, 2.75) is 31.9 Å². The summed E-state index contributed by atoms with van der Waals surface area (Å²) >= 11 is 0. The smallest absolute Gasteiger partial charge is 0.343 e. The second-order valence-corrected chi connectivity index (χ2v) is 8.42. The van der Waals surface area contributed by atoms with Crippen LogP contribution in [0.2, 0.25) is 0 Å². The predicted octanol–water partition coefficient (Wildman–Crippen LogP) is 4.08. The Bertz CT molecular complexity index is 1170. The van der Waals surface area contributed by atoms with Gasteiger partial charge in [-0.05, 0) is 40.5 Å². The fourth-order valence-electron chi connectivity index (χ4n) is 3.94. The highest BCUT2D eigenvalue weighted by Gasteiger charge is 2.45. The topological polar surface area (TPSA) is 87.7 Å². The number of hydroxylamine groups is 1. The highest BCUT2D eigenvalue weighted by atomic mass is 16.7. The molecule has 3 aromatic carbocycles. The lowest BCUT2D eigenvalue weighted by Crippen LogP contribution is -2.43. The Morgan fingerprint density at radius 2 is 1.69 bits per heavy atom. The van der Waals surface area contributed by atoms with Crippen LogP contribution >= 0.6 is 0 Å². The summed E-state index contributed by atoms with van der Waals surface area (Å²) < 4.78 is 0. The van der Waals surface area contributed by atoms with E-state index in [0.29, 0.717) is 11.3 Å². The third kappa shape index (κ3) is 4.36. The van der Waals surface area contributed by atoms with E-state index < -0.39 is 17.6 Å². The van der Waals surface area contributed by atoms with Crippen LogP contribution in [0.3, 0.4) is 0 Å². The van der Waals surface area contributed by atoms with Crippen molar-refractivity contribution in [2.24, 2.45) is 5.92 Å². The van der Waals surface area contributed by atoms with Gasteiger partial charge in [0, 0.05) is 12.0 Å². The van der Waals surface area contributed by atoms with E-state index in [4.69, 9.17) is 4.84 Å². The van der Waals surface area contributed by atoms with Gasteiger partial charge in [-0.2, -0.15) is 0 Å². The first kappa shape index (κ1) is 21.6. The van der Waals surface area contributed by atoms with Gasteiger partial charge in [0.15, 0.2) is 0 Å². The molecule has 164 valence electrons. The molecule has 0 saturated heterocycles. The van der Waals surface area contributed by atoms with E-state index in [1.807, 2.05) is 80.6 Å². The molecule has 2 atom stereocenters. The van der Waals surface area contributed by atoms with Gasteiger partial charge in [0.25, 0.3) is 5.91 Å². The molecular weight excluding hydrogens is 404 g/mol. The number of amides is 1. The number of carbonyl (C=O) groups is 2. The average molecular weight is 431 g/mol. The summed E-state index contributed by atoms with van der Waals surface area (Å²) in [5.74, 6) is -1.32. The van der Waals surface area contributed by atoms with Crippen molar-refractivity contribution in [3.05, 3.63) is 95.7 Å². The Balaban J connectivity index is 1.58. The number of aliphatic carboxylic acids is 1. The van der Waals surface area contributed by atoms with E-state index in [1.165, 1.54) is 0 Å². The van der Waals surface area contributed by atoms with Gasteiger partial charge in [-0.25, -0.2) is 4.79 Å². The first-order valence-corrected chi connectivity index (χ1v) is 10.6. The molecule has 32 heavy (non-hydrogen) atoms. The highest BCUT2D eigenvalue weighted by Crippen LogP contribution is 2.29.